The highest BCUT2D eigenvalue weighted by Crippen LogP contribution is 2.67. The number of ketones is 1. The molecule has 5 rings (SSSR count). The Bertz CT molecular complexity index is 761. The summed E-state index contributed by atoms with van der Waals surface area (Å²) in [5.41, 5.74) is 0.739. The molecule has 4 saturated carbocycles. The molecule has 0 bridgehead atoms. The van der Waals surface area contributed by atoms with E-state index in [1.165, 1.54) is 51.4 Å². The van der Waals surface area contributed by atoms with Crippen molar-refractivity contribution in [2.45, 2.75) is 78.2 Å². The van der Waals surface area contributed by atoms with Crippen molar-refractivity contribution in [3.05, 3.63) is 18.7 Å². The van der Waals surface area contributed by atoms with E-state index in [2.05, 4.69) is 18.8 Å². The van der Waals surface area contributed by atoms with E-state index in [4.69, 9.17) is 4.74 Å². The molecular weight excluding hydrogens is 372 g/mol. The van der Waals surface area contributed by atoms with Crippen LogP contribution in [0.5, 0.6) is 0 Å². The van der Waals surface area contributed by atoms with E-state index in [9.17, 15) is 4.79 Å². The monoisotopic (exact) mass is 412 g/mol. The lowest BCUT2D eigenvalue weighted by molar-refractivity contribution is -0.138. The van der Waals surface area contributed by atoms with Gasteiger partial charge in [-0.05, 0) is 98.2 Å². The number of aromatic nitrogens is 2. The lowest BCUT2D eigenvalue weighted by Gasteiger charge is -2.61. The van der Waals surface area contributed by atoms with Gasteiger partial charge in [-0.25, -0.2) is 4.98 Å². The fourth-order valence-corrected chi connectivity index (χ4v) is 8.93. The summed E-state index contributed by atoms with van der Waals surface area (Å²) in [6.45, 7) is 6.56. The third kappa shape index (κ3) is 3.20. The Morgan fingerprint density at radius 2 is 1.87 bits per heavy atom. The number of fused-ring (bicyclic) bond motifs is 5. The number of Topliss-reactive ketones (excluding diaryl/α,β-unsaturated/α-hetero) is 1. The zero-order valence-corrected chi connectivity index (χ0v) is 19.2. The van der Waals surface area contributed by atoms with E-state index in [0.717, 1.165) is 42.6 Å². The van der Waals surface area contributed by atoms with E-state index < -0.39 is 0 Å². The largest absolute Gasteiger partial charge is 0.384 e. The van der Waals surface area contributed by atoms with Gasteiger partial charge in [0.1, 0.15) is 0 Å². The van der Waals surface area contributed by atoms with E-state index >= 15 is 0 Å². The molecule has 0 N–H and O–H groups in total. The Morgan fingerprint density at radius 1 is 1.07 bits per heavy atom. The van der Waals surface area contributed by atoms with Crippen LogP contribution in [0.4, 0.5) is 0 Å². The van der Waals surface area contributed by atoms with Gasteiger partial charge in [-0.15, -0.1) is 0 Å². The van der Waals surface area contributed by atoms with Gasteiger partial charge in [0.25, 0.3) is 0 Å². The molecule has 0 aliphatic heterocycles. The van der Waals surface area contributed by atoms with Gasteiger partial charge in [-0.2, -0.15) is 0 Å². The fourth-order valence-electron chi connectivity index (χ4n) is 8.93. The summed E-state index contributed by atoms with van der Waals surface area (Å²) in [6, 6.07) is 0. The summed E-state index contributed by atoms with van der Waals surface area (Å²) in [5.74, 6) is 4.82. The lowest BCUT2D eigenvalue weighted by atomic mass is 9.44. The number of ether oxygens (including phenoxy) is 1. The zero-order chi connectivity index (χ0) is 20.9. The minimum atomic E-state index is 0.218. The van der Waals surface area contributed by atoms with Crippen LogP contribution in [-0.2, 0) is 16.1 Å². The topological polar surface area (TPSA) is 44.1 Å². The molecule has 4 aliphatic carbocycles. The smallest absolute Gasteiger partial charge is 0.156 e. The summed E-state index contributed by atoms with van der Waals surface area (Å²) < 4.78 is 7.46. The second-order valence-electron chi connectivity index (χ2n) is 11.6. The van der Waals surface area contributed by atoms with Gasteiger partial charge in [0.15, 0.2) is 5.78 Å². The molecule has 30 heavy (non-hydrogen) atoms. The molecule has 1 heterocycles. The Hall–Kier alpha value is -1.16. The minimum absolute atomic E-state index is 0.218. The molecule has 1 aromatic heterocycles. The van der Waals surface area contributed by atoms with Crippen LogP contribution in [0, 0.1) is 46.3 Å². The third-order valence-corrected chi connectivity index (χ3v) is 10.5. The van der Waals surface area contributed by atoms with Gasteiger partial charge < -0.3 is 9.30 Å². The molecule has 0 radical (unpaired) electrons. The molecule has 0 amide bonds. The molecule has 4 nitrogen and oxygen atoms in total. The van der Waals surface area contributed by atoms with Crippen LogP contribution in [-0.4, -0.2) is 29.1 Å². The highest BCUT2D eigenvalue weighted by Gasteiger charge is 2.61. The normalized spacial score (nSPS) is 45.4. The summed E-state index contributed by atoms with van der Waals surface area (Å²) in [4.78, 5) is 17.4. The van der Waals surface area contributed by atoms with E-state index in [1.807, 2.05) is 17.9 Å². The van der Waals surface area contributed by atoms with Gasteiger partial charge in [-0.1, -0.05) is 13.8 Å². The fraction of sp³-hybridized carbons (Fsp3) is 0.846. The summed E-state index contributed by atoms with van der Waals surface area (Å²) in [7, 11) is 1.86. The molecule has 1 aromatic rings. The average molecular weight is 413 g/mol. The number of imidazole rings is 1. The van der Waals surface area contributed by atoms with Crippen molar-refractivity contribution < 1.29 is 9.53 Å². The molecule has 4 aliphatic rings. The first-order chi connectivity index (χ1) is 14.5. The minimum Gasteiger partial charge on any atom is -0.384 e. The molecule has 6 unspecified atom stereocenters. The molecule has 0 saturated heterocycles. The van der Waals surface area contributed by atoms with Crippen LogP contribution in [0.3, 0.4) is 0 Å². The standard InChI is InChI=1S/C26H40N2O2/c1-25-10-8-18(16-30-3)14-19(25)4-5-20-21-6-7-23(26(21,2)11-9-22(20)25)24(29)15-28-13-12-27-17-28/h12-13,17-23H,4-11,14-16H2,1-3H3/t18?,19-,20?,21?,22?,23+,25?,26?/m0/s1. The third-order valence-electron chi connectivity index (χ3n) is 10.5. The molecule has 8 atom stereocenters. The van der Waals surface area contributed by atoms with Crippen molar-refractivity contribution in [2.24, 2.45) is 46.3 Å². The first-order valence-electron chi connectivity index (χ1n) is 12.4. The number of methoxy groups -OCH3 is 1. The van der Waals surface area contributed by atoms with E-state index in [-0.39, 0.29) is 11.3 Å². The Labute approximate surface area is 182 Å². The van der Waals surface area contributed by atoms with Crippen LogP contribution in [0.25, 0.3) is 0 Å². The molecule has 4 heteroatoms. The van der Waals surface area contributed by atoms with Crippen LogP contribution < -0.4 is 0 Å². The Balaban J connectivity index is 1.32. The highest BCUT2D eigenvalue weighted by molar-refractivity contribution is 5.82. The van der Waals surface area contributed by atoms with Crippen LogP contribution >= 0.6 is 0 Å². The van der Waals surface area contributed by atoms with Crippen molar-refractivity contribution in [1.29, 1.82) is 0 Å². The Kier molecular flexibility index (Phi) is 5.36. The lowest BCUT2D eigenvalue weighted by Crippen LogP contribution is -2.54. The van der Waals surface area contributed by atoms with E-state index in [1.54, 1.807) is 12.5 Å². The second kappa shape index (κ2) is 7.76. The van der Waals surface area contributed by atoms with Gasteiger partial charge in [0.05, 0.1) is 12.9 Å². The molecule has 166 valence electrons. The van der Waals surface area contributed by atoms with Gasteiger partial charge in [0, 0.05) is 32.0 Å². The van der Waals surface area contributed by atoms with Gasteiger partial charge in [-0.3, -0.25) is 4.79 Å². The number of carbonyl (C=O) groups is 1. The van der Waals surface area contributed by atoms with Crippen molar-refractivity contribution >= 4 is 5.78 Å². The zero-order valence-electron chi connectivity index (χ0n) is 19.2. The number of nitrogens with zero attached hydrogens (tertiary/aromatic N) is 2. The number of hydrogen-bond acceptors (Lipinski definition) is 3. The molecule has 0 aromatic carbocycles. The SMILES string of the molecule is COCC1CCC2(C)C3CCC4(C)C(CC[C@@H]4C(=O)Cn4ccnc4)C3CC[C@H]2C1. The highest BCUT2D eigenvalue weighted by atomic mass is 16.5. The molecule has 0 spiro atoms. The van der Waals surface area contributed by atoms with Crippen LogP contribution in [0.2, 0.25) is 0 Å². The van der Waals surface area contributed by atoms with Crippen LogP contribution in [0.1, 0.15) is 71.6 Å². The first kappa shape index (κ1) is 20.7. The molecule has 4 fully saturated rings. The summed E-state index contributed by atoms with van der Waals surface area (Å²) in [6.07, 6.45) is 17.4. The number of rotatable bonds is 5. The maximum Gasteiger partial charge on any atom is 0.156 e. The predicted molar refractivity (Wildman–Crippen MR) is 118 cm³/mol. The number of hydrogen-bond donors (Lipinski definition) is 0. The van der Waals surface area contributed by atoms with Crippen molar-refractivity contribution in [3.8, 4) is 0 Å². The van der Waals surface area contributed by atoms with Crippen molar-refractivity contribution in [3.63, 3.8) is 0 Å². The quantitative estimate of drug-likeness (QED) is 0.653. The van der Waals surface area contributed by atoms with Crippen LogP contribution in [0.15, 0.2) is 18.7 Å². The van der Waals surface area contributed by atoms with Crippen molar-refractivity contribution in [2.75, 3.05) is 13.7 Å². The maximum atomic E-state index is 13.3. The van der Waals surface area contributed by atoms with Crippen molar-refractivity contribution in [1.82, 2.24) is 9.55 Å². The van der Waals surface area contributed by atoms with Gasteiger partial charge >= 0.3 is 0 Å². The van der Waals surface area contributed by atoms with E-state index in [0.29, 0.717) is 17.7 Å². The average Bonchev–Trinajstić information content (AvgIpc) is 3.35. The maximum absolute atomic E-state index is 13.3. The number of carbonyl (C=O) groups excluding carboxylic acids is 1. The first-order valence-corrected chi connectivity index (χ1v) is 12.4. The Morgan fingerprint density at radius 3 is 2.63 bits per heavy atom. The molecular formula is C26H40N2O2. The summed E-state index contributed by atoms with van der Waals surface area (Å²) >= 11 is 0. The second-order valence-corrected chi connectivity index (χ2v) is 11.6. The van der Waals surface area contributed by atoms with Gasteiger partial charge in [0.2, 0.25) is 0 Å². The summed E-state index contributed by atoms with van der Waals surface area (Å²) in [5, 5.41) is 0. The predicted octanol–water partition coefficient (Wildman–Crippen LogP) is 5.37.